The summed E-state index contributed by atoms with van der Waals surface area (Å²) in [6, 6.07) is 5.70. The lowest BCUT2D eigenvalue weighted by Gasteiger charge is -2.11. The Balaban J connectivity index is 1.71. The second-order valence-electron chi connectivity index (χ2n) is 6.97. The smallest absolute Gasteiger partial charge is 0.266 e. The molecule has 164 valence electrons. The van der Waals surface area contributed by atoms with E-state index >= 15 is 0 Å². The van der Waals surface area contributed by atoms with E-state index < -0.39 is 0 Å². The average molecular weight is 459 g/mol. The van der Waals surface area contributed by atoms with E-state index in [0.29, 0.717) is 15.8 Å². The number of hydrogen-bond acceptors (Lipinski definition) is 9. The number of thiazole rings is 2. The van der Waals surface area contributed by atoms with Crippen LogP contribution >= 0.6 is 22.7 Å². The van der Waals surface area contributed by atoms with Crippen LogP contribution in [0.5, 0.6) is 5.75 Å². The minimum absolute atomic E-state index is 0.153. The number of likely N-dealkylation sites (N-methyl/N-ethyl adjacent to an activating group) is 1. The van der Waals surface area contributed by atoms with Crippen LogP contribution in [-0.2, 0) is 0 Å². The zero-order valence-corrected chi connectivity index (χ0v) is 19.6. The maximum absolute atomic E-state index is 12.2. The Morgan fingerprint density at radius 2 is 2.16 bits per heavy atom. The van der Waals surface area contributed by atoms with Crippen molar-refractivity contribution in [3.05, 3.63) is 54.4 Å². The molecule has 0 saturated heterocycles. The Morgan fingerprint density at radius 3 is 2.90 bits per heavy atom. The molecule has 1 aromatic carbocycles. The predicted octanol–water partition coefficient (Wildman–Crippen LogP) is 2.92. The summed E-state index contributed by atoms with van der Waals surface area (Å²) in [7, 11) is 4.02. The molecule has 0 spiro atoms. The van der Waals surface area contributed by atoms with Gasteiger partial charge in [0.05, 0.1) is 21.3 Å². The quantitative estimate of drug-likeness (QED) is 0.481. The normalized spacial score (nSPS) is 12.9. The first-order valence-electron chi connectivity index (χ1n) is 9.84. The van der Waals surface area contributed by atoms with Crippen LogP contribution in [0.25, 0.3) is 12.3 Å². The van der Waals surface area contributed by atoms with E-state index in [-0.39, 0.29) is 5.56 Å². The first-order valence-corrected chi connectivity index (χ1v) is 11.5. The Kier molecular flexibility index (Phi) is 8.10. The monoisotopic (exact) mass is 458 g/mol. The molecule has 0 amide bonds. The molecular formula is C21H26N6O2S2. The highest BCUT2D eigenvalue weighted by atomic mass is 32.1. The molecule has 3 rings (SSSR count). The van der Waals surface area contributed by atoms with Crippen LogP contribution in [-0.4, -0.2) is 48.7 Å². The van der Waals surface area contributed by atoms with Crippen molar-refractivity contribution in [3.63, 3.8) is 0 Å². The van der Waals surface area contributed by atoms with Crippen molar-refractivity contribution in [1.29, 1.82) is 0 Å². The molecule has 2 heterocycles. The van der Waals surface area contributed by atoms with Crippen molar-refractivity contribution >= 4 is 45.8 Å². The molecular weight excluding hydrogens is 432 g/mol. The number of aromatic amines is 1. The van der Waals surface area contributed by atoms with E-state index in [0.717, 1.165) is 40.1 Å². The highest BCUT2D eigenvalue weighted by molar-refractivity contribution is 7.16. The van der Waals surface area contributed by atoms with Crippen LogP contribution in [0.15, 0.2) is 39.4 Å². The van der Waals surface area contributed by atoms with Crippen LogP contribution < -0.4 is 24.8 Å². The Bertz CT molecular complexity index is 1210. The molecule has 0 aliphatic carbocycles. The number of azo groups is 1. The summed E-state index contributed by atoms with van der Waals surface area (Å²) in [6.45, 7) is 6.27. The number of nitrogens with zero attached hydrogens (tertiary/aromatic N) is 4. The SMILES string of the molecule is CCNc1ncc(C=c2sc(=CN=Nc3ccc(OCCN(C)C)cc3C)[nH]c2=O)s1. The topological polar surface area (TPSA) is 95.0 Å². The third-order valence-corrected chi connectivity index (χ3v) is 5.97. The number of H-pyrrole nitrogens is 1. The summed E-state index contributed by atoms with van der Waals surface area (Å²) >= 11 is 2.84. The van der Waals surface area contributed by atoms with Crippen molar-refractivity contribution in [2.45, 2.75) is 13.8 Å². The van der Waals surface area contributed by atoms with Gasteiger partial charge in [0.2, 0.25) is 0 Å². The summed E-state index contributed by atoms with van der Waals surface area (Å²) in [6.07, 6.45) is 5.14. The fourth-order valence-corrected chi connectivity index (χ4v) is 4.26. The van der Waals surface area contributed by atoms with E-state index in [1.165, 1.54) is 22.7 Å². The van der Waals surface area contributed by atoms with Gasteiger partial charge in [-0.15, -0.1) is 11.3 Å². The van der Waals surface area contributed by atoms with Gasteiger partial charge in [-0.05, 0) is 57.8 Å². The van der Waals surface area contributed by atoms with Crippen LogP contribution in [0, 0.1) is 6.92 Å². The van der Waals surface area contributed by atoms with Crippen molar-refractivity contribution in [3.8, 4) is 5.75 Å². The molecule has 31 heavy (non-hydrogen) atoms. The lowest BCUT2D eigenvalue weighted by atomic mass is 10.2. The number of rotatable bonds is 9. The molecule has 0 aliphatic rings. The lowest BCUT2D eigenvalue weighted by molar-refractivity contribution is 0.261. The minimum atomic E-state index is -0.153. The van der Waals surface area contributed by atoms with Crippen LogP contribution in [0.1, 0.15) is 17.4 Å². The number of benzene rings is 1. The van der Waals surface area contributed by atoms with E-state index in [1.54, 1.807) is 12.4 Å². The van der Waals surface area contributed by atoms with Crippen molar-refractivity contribution < 1.29 is 4.74 Å². The average Bonchev–Trinajstić information content (AvgIpc) is 3.30. The molecule has 8 nitrogen and oxygen atoms in total. The largest absolute Gasteiger partial charge is 0.492 e. The summed E-state index contributed by atoms with van der Waals surface area (Å²) in [4.78, 5) is 22.3. The summed E-state index contributed by atoms with van der Waals surface area (Å²) in [5.41, 5.74) is 1.57. The Labute approximate surface area is 188 Å². The molecule has 0 radical (unpaired) electrons. The molecule has 0 fully saturated rings. The van der Waals surface area contributed by atoms with Crippen molar-refractivity contribution in [1.82, 2.24) is 14.9 Å². The summed E-state index contributed by atoms with van der Waals surface area (Å²) in [5, 5.41) is 12.4. The van der Waals surface area contributed by atoms with Crippen molar-refractivity contribution in [2.24, 2.45) is 10.2 Å². The minimum Gasteiger partial charge on any atom is -0.492 e. The molecule has 10 heteroatoms. The van der Waals surface area contributed by atoms with Gasteiger partial charge >= 0.3 is 0 Å². The van der Waals surface area contributed by atoms with Crippen LogP contribution in [0.4, 0.5) is 10.8 Å². The highest BCUT2D eigenvalue weighted by Gasteiger charge is 2.02. The van der Waals surface area contributed by atoms with Gasteiger partial charge in [-0.3, -0.25) is 4.79 Å². The predicted molar refractivity (Wildman–Crippen MR) is 128 cm³/mol. The molecule has 0 bridgehead atoms. The number of hydrogen-bond donors (Lipinski definition) is 2. The van der Waals surface area contributed by atoms with Crippen LogP contribution in [0.3, 0.4) is 0 Å². The second-order valence-corrected chi connectivity index (χ2v) is 9.12. The Morgan fingerprint density at radius 1 is 1.32 bits per heavy atom. The number of anilines is 1. The van der Waals surface area contributed by atoms with Crippen LogP contribution in [0.2, 0.25) is 0 Å². The number of nitrogens with one attached hydrogen (secondary N) is 2. The number of aromatic nitrogens is 2. The molecule has 2 aromatic heterocycles. The summed E-state index contributed by atoms with van der Waals surface area (Å²) < 4.78 is 6.97. The van der Waals surface area contributed by atoms with Gasteiger partial charge in [-0.25, -0.2) is 4.98 Å². The van der Waals surface area contributed by atoms with Gasteiger partial charge < -0.3 is 19.9 Å². The molecule has 0 unspecified atom stereocenters. The Hall–Kier alpha value is -2.82. The molecule has 0 saturated carbocycles. The third kappa shape index (κ3) is 6.84. The third-order valence-electron chi connectivity index (χ3n) is 4.12. The van der Waals surface area contributed by atoms with Gasteiger partial charge in [0.15, 0.2) is 5.13 Å². The van der Waals surface area contributed by atoms with Gasteiger partial charge in [0.25, 0.3) is 5.56 Å². The standard InChI is InChI=1S/C21H26N6O2S2/c1-5-22-21-23-12-16(30-21)11-18-20(28)25-19(31-18)13-24-26-17-7-6-15(10-14(17)2)29-9-8-27(3)4/h6-7,10-13H,5,8-9H2,1-4H3,(H,22,23)(H,25,28). The first kappa shape index (κ1) is 22.9. The fourth-order valence-electron chi connectivity index (χ4n) is 2.55. The molecule has 3 aromatic rings. The van der Waals surface area contributed by atoms with E-state index in [1.807, 2.05) is 52.2 Å². The maximum atomic E-state index is 12.2. The van der Waals surface area contributed by atoms with E-state index in [4.69, 9.17) is 4.74 Å². The van der Waals surface area contributed by atoms with Gasteiger partial charge in [0, 0.05) is 19.3 Å². The second kappa shape index (κ2) is 11.0. The van der Waals surface area contributed by atoms with E-state index in [2.05, 4.69) is 30.4 Å². The van der Waals surface area contributed by atoms with Crippen molar-refractivity contribution in [2.75, 3.05) is 39.1 Å². The molecule has 0 aliphatic heterocycles. The fraction of sp³-hybridized carbons (Fsp3) is 0.333. The highest BCUT2D eigenvalue weighted by Crippen LogP contribution is 2.24. The zero-order valence-electron chi connectivity index (χ0n) is 18.0. The number of aryl methyl sites for hydroxylation is 1. The van der Waals surface area contributed by atoms with Gasteiger partial charge in [-0.2, -0.15) is 10.2 Å². The van der Waals surface area contributed by atoms with Gasteiger partial charge in [-0.1, -0.05) is 11.3 Å². The summed E-state index contributed by atoms with van der Waals surface area (Å²) in [5.74, 6) is 0.811. The lowest BCUT2D eigenvalue weighted by Crippen LogP contribution is -2.19. The number of ether oxygens (including phenoxy) is 1. The molecule has 2 N–H and O–H groups in total. The van der Waals surface area contributed by atoms with E-state index in [9.17, 15) is 4.79 Å². The zero-order chi connectivity index (χ0) is 22.2. The maximum Gasteiger partial charge on any atom is 0.266 e. The molecule has 0 atom stereocenters. The first-order chi connectivity index (χ1) is 14.9. The van der Waals surface area contributed by atoms with Gasteiger partial charge in [0.1, 0.15) is 17.0 Å².